The van der Waals surface area contributed by atoms with Gasteiger partial charge in [-0.1, -0.05) is 17.7 Å². The number of aliphatic hydroxyl groups excluding tert-OH is 1. The van der Waals surface area contributed by atoms with Crippen LogP contribution in [-0.4, -0.2) is 38.6 Å². The van der Waals surface area contributed by atoms with Gasteiger partial charge in [0.1, 0.15) is 5.75 Å². The van der Waals surface area contributed by atoms with Crippen LogP contribution in [0.25, 0.3) is 0 Å². The number of benzene rings is 1. The summed E-state index contributed by atoms with van der Waals surface area (Å²) in [5, 5.41) is 13.0. The third kappa shape index (κ3) is 5.19. The van der Waals surface area contributed by atoms with Crippen molar-refractivity contribution in [3.63, 3.8) is 0 Å². The predicted octanol–water partition coefficient (Wildman–Crippen LogP) is 2.05. The van der Waals surface area contributed by atoms with Gasteiger partial charge in [-0.25, -0.2) is 0 Å². The molecular weight excluding hydrogens is 242 g/mol. The number of hydrogen-bond acceptors (Lipinski definition) is 4. The molecule has 2 unspecified atom stereocenters. The fourth-order valence-corrected chi connectivity index (χ4v) is 2.04. The molecule has 0 aromatic heterocycles. The van der Waals surface area contributed by atoms with Crippen LogP contribution in [0, 0.1) is 6.92 Å². The molecule has 19 heavy (non-hydrogen) atoms. The first-order valence-electron chi connectivity index (χ1n) is 6.63. The zero-order valence-electron chi connectivity index (χ0n) is 12.3. The number of hydrogen-bond donors (Lipinski definition) is 2. The fraction of sp³-hybridized carbons (Fsp3) is 0.600. The topological polar surface area (TPSA) is 50.7 Å². The van der Waals surface area contributed by atoms with E-state index in [9.17, 15) is 5.11 Å². The second-order valence-electron chi connectivity index (χ2n) is 4.82. The molecule has 0 aliphatic carbocycles. The summed E-state index contributed by atoms with van der Waals surface area (Å²) in [6.45, 7) is 5.28. The predicted molar refractivity (Wildman–Crippen MR) is 76.6 cm³/mol. The maximum absolute atomic E-state index is 9.59. The SMILES string of the molecule is COCC(O)CCNC(C)c1cc(C)ccc1OC. The highest BCUT2D eigenvalue weighted by atomic mass is 16.5. The first-order chi connectivity index (χ1) is 9.08. The molecule has 0 amide bonds. The van der Waals surface area contributed by atoms with Crippen molar-refractivity contribution in [3.8, 4) is 5.75 Å². The summed E-state index contributed by atoms with van der Waals surface area (Å²) in [6.07, 6.45) is 0.260. The molecule has 0 aliphatic heterocycles. The number of methoxy groups -OCH3 is 2. The Labute approximate surface area is 115 Å². The van der Waals surface area contributed by atoms with Crippen LogP contribution in [0.3, 0.4) is 0 Å². The van der Waals surface area contributed by atoms with E-state index in [1.807, 2.05) is 12.1 Å². The molecule has 2 atom stereocenters. The third-order valence-electron chi connectivity index (χ3n) is 3.14. The van der Waals surface area contributed by atoms with Crippen LogP contribution in [-0.2, 0) is 4.74 Å². The second kappa shape index (κ2) is 8.15. The molecule has 0 saturated carbocycles. The molecule has 1 aromatic rings. The minimum atomic E-state index is -0.413. The highest BCUT2D eigenvalue weighted by Crippen LogP contribution is 2.25. The Hall–Kier alpha value is -1.10. The van der Waals surface area contributed by atoms with E-state index in [1.54, 1.807) is 14.2 Å². The van der Waals surface area contributed by atoms with Crippen LogP contribution in [0.4, 0.5) is 0 Å². The quantitative estimate of drug-likeness (QED) is 0.757. The Balaban J connectivity index is 2.53. The molecule has 0 fully saturated rings. The van der Waals surface area contributed by atoms with Gasteiger partial charge in [-0.05, 0) is 32.9 Å². The van der Waals surface area contributed by atoms with Crippen LogP contribution in [0.15, 0.2) is 18.2 Å². The molecular formula is C15H25NO3. The average Bonchev–Trinajstić information content (AvgIpc) is 2.38. The molecule has 0 radical (unpaired) electrons. The number of ether oxygens (including phenoxy) is 2. The van der Waals surface area contributed by atoms with E-state index in [1.165, 1.54) is 5.56 Å². The van der Waals surface area contributed by atoms with Crippen molar-refractivity contribution in [1.82, 2.24) is 5.32 Å². The van der Waals surface area contributed by atoms with Gasteiger partial charge in [0.15, 0.2) is 0 Å². The van der Waals surface area contributed by atoms with Gasteiger partial charge < -0.3 is 19.9 Å². The summed E-state index contributed by atoms with van der Waals surface area (Å²) in [4.78, 5) is 0. The minimum Gasteiger partial charge on any atom is -0.496 e. The van der Waals surface area contributed by atoms with Crippen molar-refractivity contribution in [1.29, 1.82) is 0 Å². The number of aryl methyl sites for hydroxylation is 1. The maximum atomic E-state index is 9.59. The van der Waals surface area contributed by atoms with E-state index < -0.39 is 6.10 Å². The highest BCUT2D eigenvalue weighted by Gasteiger charge is 2.12. The summed E-state index contributed by atoms with van der Waals surface area (Å²) in [5.74, 6) is 0.892. The van der Waals surface area contributed by atoms with Gasteiger partial charge in [-0.15, -0.1) is 0 Å². The normalized spacial score (nSPS) is 14.2. The van der Waals surface area contributed by atoms with Crippen LogP contribution >= 0.6 is 0 Å². The Morgan fingerprint density at radius 3 is 2.68 bits per heavy atom. The van der Waals surface area contributed by atoms with Crippen molar-refractivity contribution in [2.75, 3.05) is 27.4 Å². The first-order valence-corrected chi connectivity index (χ1v) is 6.63. The van der Waals surface area contributed by atoms with Crippen LogP contribution in [0.2, 0.25) is 0 Å². The van der Waals surface area contributed by atoms with E-state index in [0.29, 0.717) is 13.0 Å². The standard InChI is InChI=1S/C15H25NO3/c1-11-5-6-15(19-4)14(9-11)12(2)16-8-7-13(17)10-18-3/h5-6,9,12-13,16-17H,7-8,10H2,1-4H3. The Morgan fingerprint density at radius 1 is 1.32 bits per heavy atom. The summed E-state index contributed by atoms with van der Waals surface area (Å²) < 4.78 is 10.3. The zero-order chi connectivity index (χ0) is 14.3. The summed E-state index contributed by atoms with van der Waals surface area (Å²) >= 11 is 0. The molecule has 2 N–H and O–H groups in total. The van der Waals surface area contributed by atoms with Gasteiger partial charge >= 0.3 is 0 Å². The smallest absolute Gasteiger partial charge is 0.123 e. The Morgan fingerprint density at radius 2 is 2.05 bits per heavy atom. The molecule has 0 heterocycles. The molecule has 0 aliphatic rings. The van der Waals surface area contributed by atoms with Gasteiger partial charge in [0.05, 0.1) is 19.8 Å². The number of rotatable bonds is 8. The largest absolute Gasteiger partial charge is 0.496 e. The lowest BCUT2D eigenvalue weighted by Crippen LogP contribution is -2.25. The van der Waals surface area contributed by atoms with E-state index >= 15 is 0 Å². The van der Waals surface area contributed by atoms with Crippen LogP contribution in [0.5, 0.6) is 5.75 Å². The van der Waals surface area contributed by atoms with Gasteiger partial charge in [0.25, 0.3) is 0 Å². The molecule has 1 aromatic carbocycles. The summed E-state index contributed by atoms with van der Waals surface area (Å²) in [6, 6.07) is 6.34. The summed E-state index contributed by atoms with van der Waals surface area (Å²) in [7, 11) is 3.28. The van der Waals surface area contributed by atoms with Gasteiger partial charge in [0.2, 0.25) is 0 Å². The zero-order valence-corrected chi connectivity index (χ0v) is 12.3. The molecule has 4 heteroatoms. The summed E-state index contributed by atoms with van der Waals surface area (Å²) in [5.41, 5.74) is 2.35. The lowest BCUT2D eigenvalue weighted by Gasteiger charge is -2.19. The van der Waals surface area contributed by atoms with Crippen molar-refractivity contribution < 1.29 is 14.6 Å². The van der Waals surface area contributed by atoms with Crippen molar-refractivity contribution in [3.05, 3.63) is 29.3 Å². The molecule has 0 spiro atoms. The Kier molecular flexibility index (Phi) is 6.84. The van der Waals surface area contributed by atoms with Crippen molar-refractivity contribution >= 4 is 0 Å². The van der Waals surface area contributed by atoms with Crippen molar-refractivity contribution in [2.24, 2.45) is 0 Å². The van der Waals surface area contributed by atoms with Gasteiger partial charge in [-0.2, -0.15) is 0 Å². The monoisotopic (exact) mass is 267 g/mol. The molecule has 108 valence electrons. The third-order valence-corrected chi connectivity index (χ3v) is 3.14. The number of aliphatic hydroxyl groups is 1. The number of nitrogens with one attached hydrogen (secondary N) is 1. The first kappa shape index (κ1) is 16.0. The van der Waals surface area contributed by atoms with E-state index in [2.05, 4.69) is 25.2 Å². The van der Waals surface area contributed by atoms with Crippen molar-refractivity contribution in [2.45, 2.75) is 32.4 Å². The minimum absolute atomic E-state index is 0.185. The van der Waals surface area contributed by atoms with E-state index in [0.717, 1.165) is 17.9 Å². The van der Waals surface area contributed by atoms with Crippen LogP contribution < -0.4 is 10.1 Å². The van der Waals surface area contributed by atoms with E-state index in [-0.39, 0.29) is 6.04 Å². The molecule has 0 saturated heterocycles. The van der Waals surface area contributed by atoms with Crippen LogP contribution in [0.1, 0.15) is 30.5 Å². The average molecular weight is 267 g/mol. The Bertz CT molecular complexity index is 382. The van der Waals surface area contributed by atoms with Gasteiger partial charge in [0, 0.05) is 18.7 Å². The maximum Gasteiger partial charge on any atom is 0.123 e. The lowest BCUT2D eigenvalue weighted by atomic mass is 10.0. The molecule has 0 bridgehead atoms. The molecule has 4 nitrogen and oxygen atoms in total. The van der Waals surface area contributed by atoms with Gasteiger partial charge in [-0.3, -0.25) is 0 Å². The lowest BCUT2D eigenvalue weighted by molar-refractivity contribution is 0.0590. The highest BCUT2D eigenvalue weighted by molar-refractivity contribution is 5.38. The fourth-order valence-electron chi connectivity index (χ4n) is 2.04. The molecule has 1 rings (SSSR count). The second-order valence-corrected chi connectivity index (χ2v) is 4.82. The van der Waals surface area contributed by atoms with E-state index in [4.69, 9.17) is 9.47 Å².